The summed E-state index contributed by atoms with van der Waals surface area (Å²) in [5.41, 5.74) is 2.32. The van der Waals surface area contributed by atoms with E-state index in [0.717, 1.165) is 22.9 Å². The van der Waals surface area contributed by atoms with Crippen LogP contribution in [0.15, 0.2) is 60.7 Å². The molecule has 4 aromatic rings. The Morgan fingerprint density at radius 3 is 2.41 bits per heavy atom. The number of carboxylic acid groups (broad SMARTS) is 1. The van der Waals surface area contributed by atoms with Gasteiger partial charge in [-0.1, -0.05) is 35.6 Å². The van der Waals surface area contributed by atoms with Crippen LogP contribution in [0.4, 0.5) is 13.9 Å². The van der Waals surface area contributed by atoms with Crippen LogP contribution < -0.4 is 9.64 Å². The van der Waals surface area contributed by atoms with Gasteiger partial charge in [-0.15, -0.1) is 0 Å². The van der Waals surface area contributed by atoms with E-state index in [9.17, 15) is 13.6 Å². The number of thiazole rings is 1. The lowest BCUT2D eigenvalue weighted by atomic mass is 10.1. The molecular weight excluding hydrogens is 434 g/mol. The molecule has 0 aliphatic rings. The minimum Gasteiger partial charge on any atom is -0.497 e. The first kappa shape index (κ1) is 21.7. The lowest BCUT2D eigenvalue weighted by Crippen LogP contribution is -2.25. The highest BCUT2D eigenvalue weighted by Gasteiger charge is 2.17. The molecule has 0 atom stereocenters. The fraction of sp³-hybridized carbons (Fsp3) is 0.167. The molecule has 0 aliphatic heterocycles. The molecule has 0 aliphatic carbocycles. The second-order valence-electron chi connectivity index (χ2n) is 7.25. The van der Waals surface area contributed by atoms with Gasteiger partial charge in [-0.25, -0.2) is 18.6 Å². The minimum atomic E-state index is -0.989. The fourth-order valence-corrected chi connectivity index (χ4v) is 4.38. The summed E-state index contributed by atoms with van der Waals surface area (Å²) in [6.07, 6.45) is 0.698. The number of ether oxygens (including phenoxy) is 1. The molecule has 0 fully saturated rings. The molecule has 0 bridgehead atoms. The van der Waals surface area contributed by atoms with Crippen LogP contribution in [-0.2, 0) is 13.0 Å². The van der Waals surface area contributed by atoms with Crippen LogP contribution in [0.25, 0.3) is 10.2 Å². The number of aromatic carboxylic acids is 1. The molecule has 3 aromatic carbocycles. The van der Waals surface area contributed by atoms with Gasteiger partial charge < -0.3 is 14.7 Å². The average Bonchev–Trinajstić information content (AvgIpc) is 3.21. The lowest BCUT2D eigenvalue weighted by Gasteiger charge is -2.22. The third-order valence-corrected chi connectivity index (χ3v) is 6.14. The molecule has 0 spiro atoms. The maximum absolute atomic E-state index is 14.2. The van der Waals surface area contributed by atoms with Crippen molar-refractivity contribution in [3.63, 3.8) is 0 Å². The van der Waals surface area contributed by atoms with E-state index in [1.165, 1.54) is 17.4 Å². The van der Waals surface area contributed by atoms with Gasteiger partial charge in [0.2, 0.25) is 0 Å². The van der Waals surface area contributed by atoms with Gasteiger partial charge in [-0.05, 0) is 47.9 Å². The highest BCUT2D eigenvalue weighted by Crippen LogP contribution is 2.32. The highest BCUT2D eigenvalue weighted by atomic mass is 32.1. The van der Waals surface area contributed by atoms with Gasteiger partial charge in [0.25, 0.3) is 0 Å². The first-order valence-electron chi connectivity index (χ1n) is 9.88. The van der Waals surface area contributed by atoms with E-state index in [4.69, 9.17) is 9.84 Å². The average molecular weight is 454 g/mol. The number of hydrogen-bond donors (Lipinski definition) is 1. The molecule has 1 aromatic heterocycles. The van der Waals surface area contributed by atoms with Crippen molar-refractivity contribution in [3.8, 4) is 5.75 Å². The monoisotopic (exact) mass is 454 g/mol. The van der Waals surface area contributed by atoms with E-state index in [-0.39, 0.29) is 11.1 Å². The van der Waals surface area contributed by atoms with Crippen molar-refractivity contribution in [1.82, 2.24) is 4.98 Å². The van der Waals surface area contributed by atoms with Crippen molar-refractivity contribution in [2.45, 2.75) is 13.0 Å². The molecule has 0 saturated carbocycles. The first-order valence-corrected chi connectivity index (χ1v) is 10.7. The summed E-state index contributed by atoms with van der Waals surface area (Å²) in [6.45, 7) is 1.02. The van der Waals surface area contributed by atoms with Crippen molar-refractivity contribution >= 4 is 32.7 Å². The van der Waals surface area contributed by atoms with Crippen LogP contribution in [0.5, 0.6) is 5.75 Å². The summed E-state index contributed by atoms with van der Waals surface area (Å²) < 4.78 is 33.5. The molecule has 1 N–H and O–H groups in total. The Kier molecular flexibility index (Phi) is 6.32. The van der Waals surface area contributed by atoms with E-state index >= 15 is 0 Å². The van der Waals surface area contributed by atoms with E-state index in [1.807, 2.05) is 29.2 Å². The quantitative estimate of drug-likeness (QED) is 0.379. The first-order chi connectivity index (χ1) is 15.4. The zero-order chi connectivity index (χ0) is 22.7. The number of fused-ring (bicyclic) bond motifs is 1. The van der Waals surface area contributed by atoms with Crippen LogP contribution in [-0.4, -0.2) is 29.7 Å². The van der Waals surface area contributed by atoms with Gasteiger partial charge in [0.05, 0.1) is 17.4 Å². The van der Waals surface area contributed by atoms with E-state index in [1.54, 1.807) is 31.4 Å². The summed E-state index contributed by atoms with van der Waals surface area (Å²) in [4.78, 5) is 17.5. The van der Waals surface area contributed by atoms with Crippen LogP contribution in [0.1, 0.15) is 21.5 Å². The lowest BCUT2D eigenvalue weighted by molar-refractivity contribution is 0.0697. The zero-order valence-corrected chi connectivity index (χ0v) is 18.0. The second kappa shape index (κ2) is 9.32. The van der Waals surface area contributed by atoms with Crippen molar-refractivity contribution in [1.29, 1.82) is 0 Å². The summed E-state index contributed by atoms with van der Waals surface area (Å²) in [5, 5.41) is 9.69. The summed E-state index contributed by atoms with van der Waals surface area (Å²) in [6, 6.07) is 16.4. The number of aromatic nitrogens is 1. The third-order valence-electron chi connectivity index (χ3n) is 5.08. The summed E-state index contributed by atoms with van der Waals surface area (Å²) in [5.74, 6) is -1.55. The molecule has 0 amide bonds. The molecule has 32 heavy (non-hydrogen) atoms. The number of nitrogens with zero attached hydrogens (tertiary/aromatic N) is 2. The molecule has 1 heterocycles. The number of carbonyl (C=O) groups is 1. The topological polar surface area (TPSA) is 62.7 Å². The Morgan fingerprint density at radius 2 is 1.75 bits per heavy atom. The van der Waals surface area contributed by atoms with Gasteiger partial charge >= 0.3 is 5.97 Å². The van der Waals surface area contributed by atoms with Crippen molar-refractivity contribution < 1.29 is 23.4 Å². The van der Waals surface area contributed by atoms with Crippen LogP contribution in [0.2, 0.25) is 0 Å². The predicted molar refractivity (Wildman–Crippen MR) is 121 cm³/mol. The number of methoxy groups -OCH3 is 1. The van der Waals surface area contributed by atoms with Crippen molar-refractivity contribution in [2.24, 2.45) is 0 Å². The molecule has 0 unspecified atom stereocenters. The maximum Gasteiger partial charge on any atom is 0.335 e. The SMILES string of the molecule is COc1ccc(CCN(Cc2ccc(C(=O)O)cc2)c2nc3c(F)cc(F)cc3s2)cc1. The third kappa shape index (κ3) is 4.86. The molecule has 0 saturated heterocycles. The Bertz CT molecular complexity index is 1240. The molecule has 5 nitrogen and oxygen atoms in total. The smallest absolute Gasteiger partial charge is 0.335 e. The van der Waals surface area contributed by atoms with E-state index in [2.05, 4.69) is 4.98 Å². The predicted octanol–water partition coefficient (Wildman–Crippen LogP) is 5.53. The highest BCUT2D eigenvalue weighted by molar-refractivity contribution is 7.22. The van der Waals surface area contributed by atoms with Crippen molar-refractivity contribution in [2.75, 3.05) is 18.6 Å². The Morgan fingerprint density at radius 1 is 1.06 bits per heavy atom. The number of halogens is 2. The standard InChI is InChI=1S/C24H20F2N2O3S/c1-31-19-8-4-15(5-9-19)10-11-28(14-16-2-6-17(7-3-16)23(29)30)24-27-22-20(26)12-18(25)13-21(22)32-24/h2-9,12-13H,10-11,14H2,1H3,(H,29,30). The number of rotatable bonds is 8. The van der Waals surface area contributed by atoms with Crippen molar-refractivity contribution in [3.05, 3.63) is 89.0 Å². The van der Waals surface area contributed by atoms with Crippen LogP contribution in [0, 0.1) is 11.6 Å². The van der Waals surface area contributed by atoms with Gasteiger partial charge in [0.1, 0.15) is 17.1 Å². The summed E-state index contributed by atoms with van der Waals surface area (Å²) >= 11 is 1.22. The largest absolute Gasteiger partial charge is 0.497 e. The zero-order valence-electron chi connectivity index (χ0n) is 17.2. The van der Waals surface area contributed by atoms with E-state index < -0.39 is 17.6 Å². The minimum absolute atomic E-state index is 0.141. The molecule has 8 heteroatoms. The number of benzene rings is 3. The number of anilines is 1. The Hall–Kier alpha value is -3.52. The van der Waals surface area contributed by atoms with Gasteiger partial charge in [0.15, 0.2) is 10.9 Å². The fourth-order valence-electron chi connectivity index (χ4n) is 3.35. The Balaban J connectivity index is 1.62. The van der Waals surface area contributed by atoms with Gasteiger partial charge in [-0.2, -0.15) is 0 Å². The second-order valence-corrected chi connectivity index (χ2v) is 8.26. The van der Waals surface area contributed by atoms with Gasteiger partial charge in [0, 0.05) is 19.2 Å². The molecule has 4 rings (SSSR count). The molecule has 164 valence electrons. The Labute approximate surface area is 187 Å². The van der Waals surface area contributed by atoms with Crippen LogP contribution in [0.3, 0.4) is 0 Å². The number of carboxylic acids is 1. The molecule has 0 radical (unpaired) electrons. The van der Waals surface area contributed by atoms with E-state index in [0.29, 0.717) is 29.3 Å². The maximum atomic E-state index is 14.2. The van der Waals surface area contributed by atoms with Crippen LogP contribution >= 0.6 is 11.3 Å². The normalized spacial score (nSPS) is 11.0. The van der Waals surface area contributed by atoms with Gasteiger partial charge in [-0.3, -0.25) is 0 Å². The molecular formula is C24H20F2N2O3S. The number of hydrogen-bond acceptors (Lipinski definition) is 5. The summed E-state index contributed by atoms with van der Waals surface area (Å²) in [7, 11) is 1.61.